The molecule has 0 saturated heterocycles. The van der Waals surface area contributed by atoms with Gasteiger partial charge in [-0.1, -0.05) is 25.1 Å². The fraction of sp³-hybridized carbons (Fsp3) is 0.174. The number of thiophene rings is 1. The Labute approximate surface area is 201 Å². The number of carbonyl (C=O) groups is 2. The van der Waals surface area contributed by atoms with Crippen molar-refractivity contribution in [1.82, 2.24) is 20.3 Å². The number of nitrogens with zero attached hydrogens (tertiary/aromatic N) is 3. The molecule has 10 heteroatoms. The molecular weight excluding hydrogens is 458 g/mol. The fourth-order valence-electron chi connectivity index (χ4n) is 3.48. The minimum absolute atomic E-state index is 0. The Kier molecular flexibility index (Phi) is 7.62. The first-order chi connectivity index (χ1) is 15.5. The van der Waals surface area contributed by atoms with Gasteiger partial charge < -0.3 is 15.7 Å². The number of para-hydroxylation sites is 1. The molecular formula is C23H23N5O3S2. The first-order valence-electron chi connectivity index (χ1n) is 9.97. The summed E-state index contributed by atoms with van der Waals surface area (Å²) in [5.74, 6) is -0.365. The number of anilines is 1. The van der Waals surface area contributed by atoms with Gasteiger partial charge in [0.15, 0.2) is 0 Å². The topological polar surface area (TPSA) is 117 Å². The SMILES string of the molecule is CNC(=O)c1ccnc2c([C@H](C)CNc3cc(-c4ccc(C(=O)O)s4)ncn3)cccc12.S. The number of pyridine rings is 1. The number of benzene rings is 1. The Morgan fingerprint density at radius 1 is 1.12 bits per heavy atom. The molecule has 1 atom stereocenters. The van der Waals surface area contributed by atoms with Crippen LogP contribution in [0.1, 0.15) is 38.4 Å². The van der Waals surface area contributed by atoms with Crippen LogP contribution in [0.5, 0.6) is 0 Å². The monoisotopic (exact) mass is 481 g/mol. The van der Waals surface area contributed by atoms with E-state index in [4.69, 9.17) is 5.11 Å². The van der Waals surface area contributed by atoms with Gasteiger partial charge >= 0.3 is 5.97 Å². The first kappa shape index (κ1) is 24.1. The van der Waals surface area contributed by atoms with Crippen molar-refractivity contribution < 1.29 is 14.7 Å². The highest BCUT2D eigenvalue weighted by molar-refractivity contribution is 7.59. The Balaban J connectivity index is 0.00000306. The van der Waals surface area contributed by atoms with E-state index in [0.29, 0.717) is 23.6 Å². The average molecular weight is 482 g/mol. The number of nitrogens with one attached hydrogen (secondary N) is 2. The molecule has 4 rings (SSSR count). The van der Waals surface area contributed by atoms with Gasteiger partial charge in [-0.3, -0.25) is 9.78 Å². The van der Waals surface area contributed by atoms with E-state index in [0.717, 1.165) is 21.3 Å². The minimum Gasteiger partial charge on any atom is -0.477 e. The van der Waals surface area contributed by atoms with E-state index in [1.54, 1.807) is 37.5 Å². The van der Waals surface area contributed by atoms with Gasteiger partial charge in [-0.15, -0.1) is 11.3 Å². The largest absolute Gasteiger partial charge is 0.477 e. The van der Waals surface area contributed by atoms with Crippen LogP contribution in [0.25, 0.3) is 21.5 Å². The van der Waals surface area contributed by atoms with Crippen molar-refractivity contribution in [1.29, 1.82) is 0 Å². The summed E-state index contributed by atoms with van der Waals surface area (Å²) < 4.78 is 0. The lowest BCUT2D eigenvalue weighted by Gasteiger charge is -2.16. The molecule has 0 fully saturated rings. The van der Waals surface area contributed by atoms with Gasteiger partial charge in [0.1, 0.15) is 17.0 Å². The van der Waals surface area contributed by atoms with E-state index in [-0.39, 0.29) is 30.2 Å². The molecule has 0 bridgehead atoms. The third kappa shape index (κ3) is 5.12. The molecule has 3 heterocycles. The predicted octanol–water partition coefficient (Wildman–Crippen LogP) is 4.14. The number of carboxylic acids is 1. The molecule has 33 heavy (non-hydrogen) atoms. The zero-order chi connectivity index (χ0) is 22.7. The van der Waals surface area contributed by atoms with Crippen molar-refractivity contribution in [2.24, 2.45) is 0 Å². The first-order valence-corrected chi connectivity index (χ1v) is 10.8. The molecule has 0 aliphatic carbocycles. The van der Waals surface area contributed by atoms with Crippen molar-refractivity contribution in [3.05, 3.63) is 71.0 Å². The van der Waals surface area contributed by atoms with Gasteiger partial charge in [0, 0.05) is 37.2 Å². The third-order valence-electron chi connectivity index (χ3n) is 5.13. The number of aromatic carboxylic acids is 1. The Morgan fingerprint density at radius 3 is 2.67 bits per heavy atom. The number of hydrogen-bond acceptors (Lipinski definition) is 7. The molecule has 4 aromatic rings. The summed E-state index contributed by atoms with van der Waals surface area (Å²) in [5, 5.41) is 15.9. The van der Waals surface area contributed by atoms with E-state index in [1.165, 1.54) is 17.7 Å². The molecule has 0 saturated carbocycles. The second kappa shape index (κ2) is 10.4. The summed E-state index contributed by atoms with van der Waals surface area (Å²) in [6, 6.07) is 12.7. The van der Waals surface area contributed by atoms with Crippen LogP contribution in [0.15, 0.2) is 55.0 Å². The standard InChI is InChI=1S/C23H21N5O3S.H2S/c1-13(14-4-3-5-15-16(22(29)24-2)8-9-25-21(14)15)11-26-20-10-17(27-12-28-20)18-6-7-19(32-18)23(30)31;/h3-10,12-13H,11H2,1-2H3,(H,24,29)(H,30,31)(H,26,27,28);1H2/t13-;/m1./s1. The zero-order valence-electron chi connectivity index (χ0n) is 18.0. The number of fused-ring (bicyclic) bond motifs is 1. The second-order valence-electron chi connectivity index (χ2n) is 7.22. The summed E-state index contributed by atoms with van der Waals surface area (Å²) in [4.78, 5) is 37.4. The highest BCUT2D eigenvalue weighted by atomic mass is 32.1. The van der Waals surface area contributed by atoms with Gasteiger partial charge in [-0.25, -0.2) is 14.8 Å². The normalized spacial score (nSPS) is 11.5. The number of rotatable bonds is 7. The molecule has 0 unspecified atom stereocenters. The van der Waals surface area contributed by atoms with Crippen molar-refractivity contribution >= 4 is 53.4 Å². The van der Waals surface area contributed by atoms with Gasteiger partial charge in [-0.2, -0.15) is 13.5 Å². The van der Waals surface area contributed by atoms with Crippen LogP contribution in [-0.2, 0) is 0 Å². The van der Waals surface area contributed by atoms with Crippen LogP contribution in [0, 0.1) is 0 Å². The molecule has 1 amide bonds. The molecule has 0 spiro atoms. The van der Waals surface area contributed by atoms with E-state index >= 15 is 0 Å². The fourth-order valence-corrected chi connectivity index (χ4v) is 4.29. The van der Waals surface area contributed by atoms with Crippen molar-refractivity contribution in [2.45, 2.75) is 12.8 Å². The maximum Gasteiger partial charge on any atom is 0.345 e. The van der Waals surface area contributed by atoms with E-state index in [1.807, 2.05) is 18.2 Å². The molecule has 170 valence electrons. The maximum atomic E-state index is 12.2. The summed E-state index contributed by atoms with van der Waals surface area (Å²) in [7, 11) is 1.61. The summed E-state index contributed by atoms with van der Waals surface area (Å²) in [6.45, 7) is 2.67. The van der Waals surface area contributed by atoms with E-state index in [9.17, 15) is 9.59 Å². The lowest BCUT2D eigenvalue weighted by atomic mass is 9.96. The van der Waals surface area contributed by atoms with Crippen LogP contribution < -0.4 is 10.6 Å². The summed E-state index contributed by atoms with van der Waals surface area (Å²) in [5.41, 5.74) is 3.08. The molecule has 0 aliphatic heterocycles. The van der Waals surface area contributed by atoms with Gasteiger partial charge in [0.05, 0.1) is 21.7 Å². The third-order valence-corrected chi connectivity index (χ3v) is 6.23. The number of aromatic nitrogens is 3. The van der Waals surface area contributed by atoms with Gasteiger partial charge in [-0.05, 0) is 23.8 Å². The Bertz CT molecular complexity index is 1310. The maximum absolute atomic E-state index is 12.2. The number of amides is 1. The van der Waals surface area contributed by atoms with Crippen LogP contribution in [0.3, 0.4) is 0 Å². The minimum atomic E-state index is -0.953. The van der Waals surface area contributed by atoms with Crippen molar-refractivity contribution in [3.8, 4) is 10.6 Å². The number of carboxylic acid groups (broad SMARTS) is 1. The van der Waals surface area contributed by atoms with Crippen LogP contribution in [0.4, 0.5) is 5.82 Å². The van der Waals surface area contributed by atoms with Crippen molar-refractivity contribution in [3.63, 3.8) is 0 Å². The lowest BCUT2D eigenvalue weighted by molar-refractivity contribution is 0.0702. The molecule has 0 radical (unpaired) electrons. The van der Waals surface area contributed by atoms with Crippen molar-refractivity contribution in [2.75, 3.05) is 18.9 Å². The smallest absolute Gasteiger partial charge is 0.345 e. The van der Waals surface area contributed by atoms with Gasteiger partial charge in [0.2, 0.25) is 0 Å². The predicted molar refractivity (Wildman–Crippen MR) is 135 cm³/mol. The average Bonchev–Trinajstić information content (AvgIpc) is 3.32. The number of carbonyl (C=O) groups excluding carboxylic acids is 1. The van der Waals surface area contributed by atoms with Crippen LogP contribution >= 0.6 is 24.8 Å². The molecule has 8 nitrogen and oxygen atoms in total. The van der Waals surface area contributed by atoms with E-state index in [2.05, 4.69) is 32.5 Å². The highest BCUT2D eigenvalue weighted by Crippen LogP contribution is 2.29. The zero-order valence-corrected chi connectivity index (χ0v) is 19.8. The quantitative estimate of drug-likeness (QED) is 0.363. The Hall–Kier alpha value is -3.50. The Morgan fingerprint density at radius 2 is 1.94 bits per heavy atom. The van der Waals surface area contributed by atoms with Gasteiger partial charge in [0.25, 0.3) is 5.91 Å². The highest BCUT2D eigenvalue weighted by Gasteiger charge is 2.15. The van der Waals surface area contributed by atoms with Crippen LogP contribution in [0.2, 0.25) is 0 Å². The van der Waals surface area contributed by atoms with Crippen LogP contribution in [-0.4, -0.2) is 45.5 Å². The molecule has 0 aliphatic rings. The number of hydrogen-bond donors (Lipinski definition) is 3. The van der Waals surface area contributed by atoms with E-state index < -0.39 is 5.97 Å². The summed E-state index contributed by atoms with van der Waals surface area (Å²) >= 11 is 1.17. The lowest BCUT2D eigenvalue weighted by Crippen LogP contribution is -2.18. The molecule has 3 N–H and O–H groups in total. The molecule has 3 aromatic heterocycles. The summed E-state index contributed by atoms with van der Waals surface area (Å²) in [6.07, 6.45) is 3.11. The second-order valence-corrected chi connectivity index (χ2v) is 8.30. The molecule has 1 aromatic carbocycles.